The molecule has 1 aliphatic heterocycles. The van der Waals surface area contributed by atoms with Gasteiger partial charge < -0.3 is 10.4 Å². The summed E-state index contributed by atoms with van der Waals surface area (Å²) in [6, 6.07) is 20.0. The fourth-order valence-electron chi connectivity index (χ4n) is 3.66. The average Bonchev–Trinajstić information content (AvgIpc) is 2.68. The predicted octanol–water partition coefficient (Wildman–Crippen LogP) is 2.42. The van der Waals surface area contributed by atoms with Gasteiger partial charge in [-0.25, -0.2) is 0 Å². The number of hydrogen-bond donors (Lipinski definition) is 2. The summed E-state index contributed by atoms with van der Waals surface area (Å²) in [5.74, 6) is -1.21. The van der Waals surface area contributed by atoms with E-state index in [1.165, 1.54) is 5.56 Å². The summed E-state index contributed by atoms with van der Waals surface area (Å²) in [7, 11) is 0. The molecule has 2 aromatic rings. The summed E-state index contributed by atoms with van der Waals surface area (Å²) in [5, 5.41) is 11.5. The monoisotopic (exact) mass is 352 g/mol. The number of amides is 1. The maximum absolute atomic E-state index is 12.9. The van der Waals surface area contributed by atoms with Gasteiger partial charge in [0, 0.05) is 6.54 Å². The zero-order valence-corrected chi connectivity index (χ0v) is 14.7. The first-order valence-electron chi connectivity index (χ1n) is 8.92. The zero-order valence-electron chi connectivity index (χ0n) is 14.7. The lowest BCUT2D eigenvalue weighted by Gasteiger charge is -2.41. The van der Waals surface area contributed by atoms with Crippen molar-refractivity contribution < 1.29 is 14.7 Å². The topological polar surface area (TPSA) is 69.6 Å². The van der Waals surface area contributed by atoms with Crippen molar-refractivity contribution in [3.05, 3.63) is 71.8 Å². The van der Waals surface area contributed by atoms with E-state index in [1.807, 2.05) is 48.5 Å². The van der Waals surface area contributed by atoms with Crippen LogP contribution in [0, 0.1) is 0 Å². The lowest BCUT2D eigenvalue weighted by molar-refractivity contribution is -0.139. The molecule has 2 aromatic carbocycles. The number of piperidine rings is 1. The smallest absolute Gasteiger partial charge is 0.322 e. The van der Waals surface area contributed by atoms with E-state index in [0.717, 1.165) is 25.2 Å². The number of carbonyl (C=O) groups is 2. The van der Waals surface area contributed by atoms with Crippen LogP contribution in [0.15, 0.2) is 60.7 Å². The highest BCUT2D eigenvalue weighted by atomic mass is 16.4. The van der Waals surface area contributed by atoms with Crippen LogP contribution in [0.25, 0.3) is 0 Å². The summed E-state index contributed by atoms with van der Waals surface area (Å²) in [6.07, 6.45) is 1.35. The van der Waals surface area contributed by atoms with Crippen LogP contribution in [0.3, 0.4) is 0 Å². The lowest BCUT2D eigenvalue weighted by atomic mass is 9.72. The first-order chi connectivity index (χ1) is 12.6. The van der Waals surface area contributed by atoms with Crippen molar-refractivity contribution in [1.82, 2.24) is 10.2 Å². The summed E-state index contributed by atoms with van der Waals surface area (Å²) in [6.45, 7) is 2.11. The van der Waals surface area contributed by atoms with Crippen LogP contribution in [0.5, 0.6) is 0 Å². The van der Waals surface area contributed by atoms with Gasteiger partial charge in [-0.2, -0.15) is 0 Å². The van der Waals surface area contributed by atoms with Gasteiger partial charge in [-0.15, -0.1) is 0 Å². The molecule has 3 rings (SSSR count). The Kier molecular flexibility index (Phi) is 5.68. The Labute approximate surface area is 153 Å². The third-order valence-electron chi connectivity index (χ3n) is 5.12. The summed E-state index contributed by atoms with van der Waals surface area (Å²) >= 11 is 0. The van der Waals surface area contributed by atoms with Gasteiger partial charge in [-0.3, -0.25) is 14.5 Å². The van der Waals surface area contributed by atoms with Crippen LogP contribution in [-0.4, -0.2) is 41.5 Å². The van der Waals surface area contributed by atoms with E-state index in [1.54, 1.807) is 0 Å². The number of likely N-dealkylation sites (tertiary alicyclic amines) is 1. The van der Waals surface area contributed by atoms with Gasteiger partial charge in [0.1, 0.15) is 6.54 Å². The number of benzene rings is 2. The molecule has 0 aliphatic carbocycles. The second-order valence-electron chi connectivity index (χ2n) is 6.79. The van der Waals surface area contributed by atoms with Crippen LogP contribution in [0.4, 0.5) is 0 Å². The minimum absolute atomic E-state index is 0.189. The van der Waals surface area contributed by atoms with Crippen molar-refractivity contribution >= 4 is 11.9 Å². The molecule has 1 amide bonds. The molecule has 2 N–H and O–H groups in total. The third kappa shape index (κ3) is 4.11. The van der Waals surface area contributed by atoms with Gasteiger partial charge in [-0.1, -0.05) is 60.7 Å². The number of carboxylic acid groups (broad SMARTS) is 1. The van der Waals surface area contributed by atoms with E-state index in [2.05, 4.69) is 22.3 Å². The highest BCUT2D eigenvalue weighted by Gasteiger charge is 2.42. The molecule has 0 bridgehead atoms. The fraction of sp³-hybridized carbons (Fsp3) is 0.333. The van der Waals surface area contributed by atoms with Crippen LogP contribution in [-0.2, 0) is 21.5 Å². The fourth-order valence-corrected chi connectivity index (χ4v) is 3.66. The van der Waals surface area contributed by atoms with Crippen LogP contribution < -0.4 is 5.32 Å². The number of nitrogens with zero attached hydrogens (tertiary/aromatic N) is 1. The van der Waals surface area contributed by atoms with Crippen molar-refractivity contribution in [2.75, 3.05) is 19.6 Å². The normalized spacial score (nSPS) is 16.8. The molecule has 136 valence electrons. The highest BCUT2D eigenvalue weighted by molar-refractivity contribution is 5.90. The Morgan fingerprint density at radius 2 is 1.54 bits per heavy atom. The first kappa shape index (κ1) is 18.1. The first-order valence-corrected chi connectivity index (χ1v) is 8.92. The van der Waals surface area contributed by atoms with Crippen LogP contribution in [0.1, 0.15) is 24.0 Å². The van der Waals surface area contributed by atoms with E-state index in [4.69, 9.17) is 5.11 Å². The maximum Gasteiger partial charge on any atom is 0.322 e. The van der Waals surface area contributed by atoms with Crippen LogP contribution in [0.2, 0.25) is 0 Å². The number of nitrogens with one attached hydrogen (secondary N) is 1. The standard InChI is InChI=1S/C21H24N2O3/c24-19(25)15-22-20(26)21(18-9-5-2-6-10-18)11-13-23(14-12-21)16-17-7-3-1-4-8-17/h1-10H,11-16H2,(H,22,26)(H,24,25). The Balaban J connectivity index is 1.74. The Morgan fingerprint density at radius 1 is 0.962 bits per heavy atom. The second-order valence-corrected chi connectivity index (χ2v) is 6.79. The molecule has 1 fully saturated rings. The number of carbonyl (C=O) groups excluding carboxylic acids is 1. The summed E-state index contributed by atoms with van der Waals surface area (Å²) in [5.41, 5.74) is 1.56. The van der Waals surface area contributed by atoms with Crippen LogP contribution >= 0.6 is 0 Å². The van der Waals surface area contributed by atoms with E-state index in [-0.39, 0.29) is 12.5 Å². The number of carboxylic acids is 1. The van der Waals surface area contributed by atoms with E-state index in [9.17, 15) is 9.59 Å². The zero-order chi connectivity index (χ0) is 18.4. The molecule has 0 spiro atoms. The van der Waals surface area contributed by atoms with E-state index < -0.39 is 11.4 Å². The molecule has 5 nitrogen and oxygen atoms in total. The molecular formula is C21H24N2O3. The molecule has 5 heteroatoms. The van der Waals surface area contributed by atoms with Crippen molar-refractivity contribution in [1.29, 1.82) is 0 Å². The summed E-state index contributed by atoms with van der Waals surface area (Å²) in [4.78, 5) is 26.1. The van der Waals surface area contributed by atoms with Gasteiger partial charge in [0.05, 0.1) is 5.41 Å². The van der Waals surface area contributed by atoms with E-state index in [0.29, 0.717) is 12.8 Å². The van der Waals surface area contributed by atoms with Gasteiger partial charge >= 0.3 is 5.97 Å². The molecule has 1 heterocycles. The third-order valence-corrected chi connectivity index (χ3v) is 5.12. The minimum Gasteiger partial charge on any atom is -0.480 e. The van der Waals surface area contributed by atoms with Crippen molar-refractivity contribution in [3.8, 4) is 0 Å². The van der Waals surface area contributed by atoms with Gasteiger partial charge in [0.15, 0.2) is 0 Å². The van der Waals surface area contributed by atoms with Crippen molar-refractivity contribution in [3.63, 3.8) is 0 Å². The van der Waals surface area contributed by atoms with Gasteiger partial charge in [0.2, 0.25) is 5.91 Å². The molecule has 0 aromatic heterocycles. The SMILES string of the molecule is O=C(O)CNC(=O)C1(c2ccccc2)CCN(Cc2ccccc2)CC1. The minimum atomic E-state index is -1.02. The molecule has 0 unspecified atom stereocenters. The second kappa shape index (κ2) is 8.15. The van der Waals surface area contributed by atoms with Crippen molar-refractivity contribution in [2.45, 2.75) is 24.8 Å². The summed E-state index contributed by atoms with van der Waals surface area (Å²) < 4.78 is 0. The molecule has 1 saturated heterocycles. The molecule has 26 heavy (non-hydrogen) atoms. The molecular weight excluding hydrogens is 328 g/mol. The maximum atomic E-state index is 12.9. The highest BCUT2D eigenvalue weighted by Crippen LogP contribution is 2.36. The van der Waals surface area contributed by atoms with Crippen molar-refractivity contribution in [2.24, 2.45) is 0 Å². The molecule has 1 aliphatic rings. The van der Waals surface area contributed by atoms with E-state index >= 15 is 0 Å². The number of hydrogen-bond acceptors (Lipinski definition) is 3. The predicted molar refractivity (Wildman–Crippen MR) is 99.7 cm³/mol. The molecule has 0 saturated carbocycles. The Hall–Kier alpha value is -2.66. The molecule has 0 radical (unpaired) electrons. The quantitative estimate of drug-likeness (QED) is 0.838. The lowest BCUT2D eigenvalue weighted by Crippen LogP contribution is -2.52. The van der Waals surface area contributed by atoms with Gasteiger partial charge in [0.25, 0.3) is 0 Å². The molecule has 0 atom stereocenters. The average molecular weight is 352 g/mol. The largest absolute Gasteiger partial charge is 0.480 e. The van der Waals surface area contributed by atoms with Gasteiger partial charge in [-0.05, 0) is 37.1 Å². The Bertz CT molecular complexity index is 738. The number of aliphatic carboxylic acids is 1. The Morgan fingerprint density at radius 3 is 2.12 bits per heavy atom. The number of rotatable bonds is 6.